The second-order valence-electron chi connectivity index (χ2n) is 6.60. The molecule has 1 aliphatic rings. The molecule has 0 N–H and O–H groups in total. The van der Waals surface area contributed by atoms with Gasteiger partial charge in [0.25, 0.3) is 11.8 Å². The largest absolute Gasteiger partial charge is 0.490 e. The Morgan fingerprint density at radius 3 is 2.39 bits per heavy atom. The number of rotatable bonds is 6. The van der Waals surface area contributed by atoms with E-state index in [1.807, 2.05) is 0 Å². The fourth-order valence-electron chi connectivity index (χ4n) is 3.15. The number of carbonyl (C=O) groups excluding carboxylic acids is 3. The van der Waals surface area contributed by atoms with Crippen molar-refractivity contribution in [3.05, 3.63) is 93.5 Å². The first-order valence-electron chi connectivity index (χ1n) is 9.28. The number of imide groups is 1. The zero-order valence-corrected chi connectivity index (χ0v) is 17.5. The van der Waals surface area contributed by atoms with E-state index in [0.717, 1.165) is 4.90 Å². The summed E-state index contributed by atoms with van der Waals surface area (Å²) in [6, 6.07) is 17.7. The molecule has 2 amide bonds. The van der Waals surface area contributed by atoms with E-state index in [4.69, 9.17) is 32.7 Å². The molecule has 0 aromatic heterocycles. The van der Waals surface area contributed by atoms with E-state index in [9.17, 15) is 14.4 Å². The first-order valence-corrected chi connectivity index (χ1v) is 10.0. The van der Waals surface area contributed by atoms with Crippen molar-refractivity contribution in [2.75, 3.05) is 18.1 Å². The van der Waals surface area contributed by atoms with Crippen molar-refractivity contribution in [3.63, 3.8) is 0 Å². The molecule has 3 aromatic carbocycles. The predicted octanol–water partition coefficient (Wildman–Crippen LogP) is 5.03. The highest BCUT2D eigenvalue weighted by molar-refractivity contribution is 6.39. The van der Waals surface area contributed by atoms with Gasteiger partial charge in [-0.25, -0.2) is 9.69 Å². The number of hydrogen-bond donors (Lipinski definition) is 0. The number of para-hydroxylation sites is 1. The molecule has 156 valence electrons. The molecule has 31 heavy (non-hydrogen) atoms. The second kappa shape index (κ2) is 8.79. The Balaban J connectivity index is 1.43. The minimum absolute atomic E-state index is 0.00105. The molecule has 8 heteroatoms. The minimum atomic E-state index is -0.631. The maximum Gasteiger partial charge on any atom is 0.338 e. The average molecular weight is 456 g/mol. The lowest BCUT2D eigenvalue weighted by atomic mass is 10.1. The van der Waals surface area contributed by atoms with E-state index in [2.05, 4.69) is 0 Å². The van der Waals surface area contributed by atoms with Crippen LogP contribution >= 0.6 is 23.2 Å². The molecule has 0 unspecified atom stereocenters. The van der Waals surface area contributed by atoms with Gasteiger partial charge < -0.3 is 9.47 Å². The number of esters is 1. The third kappa shape index (κ3) is 4.26. The number of ether oxygens (including phenoxy) is 2. The van der Waals surface area contributed by atoms with E-state index in [1.54, 1.807) is 48.5 Å². The number of halogens is 2. The van der Waals surface area contributed by atoms with Gasteiger partial charge in [0.1, 0.15) is 19.0 Å². The van der Waals surface area contributed by atoms with E-state index in [1.165, 1.54) is 18.2 Å². The van der Waals surface area contributed by atoms with E-state index < -0.39 is 17.8 Å². The molecule has 6 nitrogen and oxygen atoms in total. The molecule has 0 atom stereocenters. The van der Waals surface area contributed by atoms with E-state index >= 15 is 0 Å². The number of hydrogen-bond acceptors (Lipinski definition) is 5. The van der Waals surface area contributed by atoms with Crippen LogP contribution in [0.1, 0.15) is 31.1 Å². The Morgan fingerprint density at radius 1 is 0.839 bits per heavy atom. The molecule has 0 saturated heterocycles. The van der Waals surface area contributed by atoms with Gasteiger partial charge in [-0.1, -0.05) is 41.4 Å². The molecular weight excluding hydrogens is 441 g/mol. The first kappa shape index (κ1) is 20.9. The quantitative estimate of drug-likeness (QED) is 0.296. The first-order chi connectivity index (χ1) is 15.0. The number of nitrogens with zero attached hydrogens (tertiary/aromatic N) is 1. The summed E-state index contributed by atoms with van der Waals surface area (Å²) in [7, 11) is 0. The summed E-state index contributed by atoms with van der Waals surface area (Å²) in [5.74, 6) is -1.12. The van der Waals surface area contributed by atoms with Crippen molar-refractivity contribution >= 4 is 46.7 Å². The molecule has 1 aliphatic heterocycles. The van der Waals surface area contributed by atoms with Crippen LogP contribution in [0.25, 0.3) is 0 Å². The zero-order chi connectivity index (χ0) is 22.0. The monoisotopic (exact) mass is 455 g/mol. The van der Waals surface area contributed by atoms with Gasteiger partial charge in [-0.2, -0.15) is 0 Å². The molecule has 1 heterocycles. The van der Waals surface area contributed by atoms with Crippen LogP contribution < -0.4 is 9.64 Å². The second-order valence-corrected chi connectivity index (χ2v) is 7.44. The van der Waals surface area contributed by atoms with E-state index in [0.29, 0.717) is 10.8 Å². The predicted molar refractivity (Wildman–Crippen MR) is 116 cm³/mol. The van der Waals surface area contributed by atoms with Crippen molar-refractivity contribution in [2.24, 2.45) is 0 Å². The Morgan fingerprint density at radius 2 is 1.61 bits per heavy atom. The van der Waals surface area contributed by atoms with Gasteiger partial charge in [0.15, 0.2) is 0 Å². The van der Waals surface area contributed by atoms with Crippen LogP contribution in [0.15, 0.2) is 66.7 Å². The van der Waals surface area contributed by atoms with Gasteiger partial charge in [0, 0.05) is 5.02 Å². The van der Waals surface area contributed by atoms with Crippen molar-refractivity contribution < 1.29 is 23.9 Å². The lowest BCUT2D eigenvalue weighted by Crippen LogP contribution is -2.29. The minimum Gasteiger partial charge on any atom is -0.490 e. The molecule has 0 aliphatic carbocycles. The SMILES string of the molecule is O=C(OCCOc1cccc(Cl)c1)c1ccc2c(c1)C(=O)N(c1ccccc1Cl)C2=O. The number of carbonyl (C=O) groups is 3. The summed E-state index contributed by atoms with van der Waals surface area (Å²) >= 11 is 12.0. The molecule has 0 saturated carbocycles. The lowest BCUT2D eigenvalue weighted by molar-refractivity contribution is 0.0450. The molecular formula is C23H15Cl2NO5. The maximum absolute atomic E-state index is 12.8. The standard InChI is InChI=1S/C23H15Cl2NO5/c24-15-4-3-5-16(13-15)30-10-11-31-23(29)14-8-9-17-18(12-14)22(28)26(21(17)27)20-7-2-1-6-19(20)25/h1-9,12-13H,10-11H2. The normalized spacial score (nSPS) is 12.6. The Hall–Kier alpha value is -3.35. The van der Waals surface area contributed by atoms with Crippen LogP contribution in [0.5, 0.6) is 5.75 Å². The summed E-state index contributed by atoms with van der Waals surface area (Å²) in [5, 5.41) is 0.814. The van der Waals surface area contributed by atoms with Gasteiger partial charge in [0.05, 0.1) is 27.4 Å². The van der Waals surface area contributed by atoms with Crippen LogP contribution in [0, 0.1) is 0 Å². The molecule has 3 aromatic rings. The van der Waals surface area contributed by atoms with Crippen LogP contribution in [0.4, 0.5) is 5.69 Å². The van der Waals surface area contributed by atoms with Gasteiger partial charge >= 0.3 is 5.97 Å². The Labute approximate surface area is 187 Å². The summed E-state index contributed by atoms with van der Waals surface area (Å²) in [4.78, 5) is 38.9. The van der Waals surface area contributed by atoms with Crippen molar-refractivity contribution in [3.8, 4) is 5.75 Å². The molecule has 0 fully saturated rings. The van der Waals surface area contributed by atoms with Gasteiger partial charge in [-0.15, -0.1) is 0 Å². The Kier molecular flexibility index (Phi) is 5.93. The summed E-state index contributed by atoms with van der Waals surface area (Å²) in [6.07, 6.45) is 0. The van der Waals surface area contributed by atoms with Crippen molar-refractivity contribution in [2.45, 2.75) is 0 Å². The van der Waals surface area contributed by atoms with Crippen LogP contribution in [0.3, 0.4) is 0 Å². The summed E-state index contributed by atoms with van der Waals surface area (Å²) in [5.41, 5.74) is 0.765. The van der Waals surface area contributed by atoms with Gasteiger partial charge in [-0.05, 0) is 48.5 Å². The summed E-state index contributed by atoms with van der Waals surface area (Å²) < 4.78 is 10.7. The topological polar surface area (TPSA) is 72.9 Å². The molecule has 0 spiro atoms. The zero-order valence-electron chi connectivity index (χ0n) is 16.0. The summed E-state index contributed by atoms with van der Waals surface area (Å²) in [6.45, 7) is 0.135. The average Bonchev–Trinajstić information content (AvgIpc) is 3.01. The van der Waals surface area contributed by atoms with Crippen LogP contribution in [0.2, 0.25) is 10.0 Å². The highest BCUT2D eigenvalue weighted by Gasteiger charge is 2.38. The smallest absolute Gasteiger partial charge is 0.338 e. The third-order valence-corrected chi connectivity index (χ3v) is 5.15. The number of anilines is 1. The number of fused-ring (bicyclic) bond motifs is 1. The fraction of sp³-hybridized carbons (Fsp3) is 0.0870. The number of benzene rings is 3. The number of amides is 2. The van der Waals surface area contributed by atoms with E-state index in [-0.39, 0.29) is 40.6 Å². The van der Waals surface area contributed by atoms with Crippen molar-refractivity contribution in [1.82, 2.24) is 0 Å². The molecule has 4 rings (SSSR count). The molecule has 0 bridgehead atoms. The highest BCUT2D eigenvalue weighted by atomic mass is 35.5. The van der Waals surface area contributed by atoms with Crippen LogP contribution in [-0.2, 0) is 4.74 Å². The van der Waals surface area contributed by atoms with Crippen molar-refractivity contribution in [1.29, 1.82) is 0 Å². The maximum atomic E-state index is 12.8. The van der Waals surface area contributed by atoms with Gasteiger partial charge in [0.2, 0.25) is 0 Å². The Bertz CT molecular complexity index is 1190. The lowest BCUT2D eigenvalue weighted by Gasteiger charge is -2.15. The van der Waals surface area contributed by atoms with Gasteiger partial charge in [-0.3, -0.25) is 9.59 Å². The molecule has 0 radical (unpaired) electrons. The fourth-order valence-corrected chi connectivity index (χ4v) is 3.55. The third-order valence-electron chi connectivity index (χ3n) is 4.60. The highest BCUT2D eigenvalue weighted by Crippen LogP contribution is 2.33. The van der Waals surface area contributed by atoms with Crippen LogP contribution in [-0.4, -0.2) is 31.0 Å².